The van der Waals surface area contributed by atoms with Gasteiger partial charge in [-0.05, 0) is 12.1 Å². The van der Waals surface area contributed by atoms with Gasteiger partial charge in [0.25, 0.3) is 0 Å². The number of methoxy groups -OCH3 is 1. The number of carboxylic acids is 1. The lowest BCUT2D eigenvalue weighted by Crippen LogP contribution is -2.12. The largest absolute Gasteiger partial charge is 0.481 e. The number of carboxylic acid groups (broad SMARTS) is 1. The highest BCUT2D eigenvalue weighted by Gasteiger charge is 2.21. The standard InChI is InChI=1S/C12H11NO4/c1-17-11-8(10(14)12(15)16)6-7-4-2-3-5-9(7)13-11/h2-6,10,14H,1H3,(H,15,16). The number of aliphatic hydroxyl groups excluding tert-OH is 1. The molecule has 2 rings (SSSR count). The van der Waals surface area contributed by atoms with Gasteiger partial charge in [0.15, 0.2) is 6.10 Å². The average molecular weight is 233 g/mol. The minimum atomic E-state index is -1.64. The molecule has 88 valence electrons. The number of hydrogen-bond donors (Lipinski definition) is 2. The van der Waals surface area contributed by atoms with Crippen LogP contribution in [-0.2, 0) is 4.79 Å². The number of benzene rings is 1. The molecule has 0 aliphatic carbocycles. The maximum Gasteiger partial charge on any atom is 0.337 e. The maximum atomic E-state index is 10.8. The van der Waals surface area contributed by atoms with Crippen molar-refractivity contribution in [2.45, 2.75) is 6.10 Å². The molecule has 0 amide bonds. The van der Waals surface area contributed by atoms with E-state index < -0.39 is 12.1 Å². The fraction of sp³-hybridized carbons (Fsp3) is 0.167. The van der Waals surface area contributed by atoms with E-state index in [1.54, 1.807) is 18.2 Å². The molecule has 2 N–H and O–H groups in total. The molecule has 0 saturated heterocycles. The van der Waals surface area contributed by atoms with Gasteiger partial charge in [-0.3, -0.25) is 0 Å². The number of pyridine rings is 1. The van der Waals surface area contributed by atoms with Crippen molar-refractivity contribution < 1.29 is 19.7 Å². The zero-order chi connectivity index (χ0) is 12.4. The van der Waals surface area contributed by atoms with Gasteiger partial charge in [-0.2, -0.15) is 0 Å². The van der Waals surface area contributed by atoms with E-state index in [1.807, 2.05) is 12.1 Å². The van der Waals surface area contributed by atoms with E-state index in [0.29, 0.717) is 5.52 Å². The van der Waals surface area contributed by atoms with Gasteiger partial charge in [-0.25, -0.2) is 9.78 Å². The molecule has 5 nitrogen and oxygen atoms in total. The Morgan fingerprint density at radius 1 is 1.41 bits per heavy atom. The van der Waals surface area contributed by atoms with Crippen LogP contribution in [0.2, 0.25) is 0 Å². The van der Waals surface area contributed by atoms with Crippen molar-refractivity contribution >= 4 is 16.9 Å². The van der Waals surface area contributed by atoms with Crippen molar-refractivity contribution in [3.05, 3.63) is 35.9 Å². The molecule has 0 aliphatic rings. The summed E-state index contributed by atoms with van der Waals surface area (Å²) in [5.41, 5.74) is 0.837. The molecule has 1 aromatic carbocycles. The van der Waals surface area contributed by atoms with Gasteiger partial charge in [0.2, 0.25) is 5.88 Å². The third-order valence-electron chi connectivity index (χ3n) is 2.44. The Hall–Kier alpha value is -2.14. The summed E-state index contributed by atoms with van der Waals surface area (Å²) in [5, 5.41) is 19.1. The van der Waals surface area contributed by atoms with Crippen LogP contribution < -0.4 is 4.74 Å². The number of hydrogen-bond acceptors (Lipinski definition) is 4. The quantitative estimate of drug-likeness (QED) is 0.836. The molecule has 0 fully saturated rings. The molecule has 1 aromatic heterocycles. The van der Waals surface area contributed by atoms with Crippen molar-refractivity contribution in [1.29, 1.82) is 0 Å². The molecule has 0 saturated carbocycles. The van der Waals surface area contributed by atoms with Gasteiger partial charge in [-0.15, -0.1) is 0 Å². The molecule has 17 heavy (non-hydrogen) atoms. The van der Waals surface area contributed by atoms with Crippen LogP contribution in [0.25, 0.3) is 10.9 Å². The second-order valence-electron chi connectivity index (χ2n) is 3.52. The van der Waals surface area contributed by atoms with Crippen LogP contribution in [0.3, 0.4) is 0 Å². The third kappa shape index (κ3) is 2.05. The topological polar surface area (TPSA) is 79.7 Å². The molecule has 5 heteroatoms. The Morgan fingerprint density at radius 3 is 2.76 bits per heavy atom. The van der Waals surface area contributed by atoms with Crippen molar-refractivity contribution in [2.24, 2.45) is 0 Å². The smallest absolute Gasteiger partial charge is 0.337 e. The highest BCUT2D eigenvalue weighted by atomic mass is 16.5. The lowest BCUT2D eigenvalue weighted by atomic mass is 10.1. The van der Waals surface area contributed by atoms with E-state index >= 15 is 0 Å². The number of carbonyl (C=O) groups is 1. The van der Waals surface area contributed by atoms with Crippen LogP contribution >= 0.6 is 0 Å². The Bertz CT molecular complexity index is 567. The summed E-state index contributed by atoms with van der Waals surface area (Å²) in [7, 11) is 1.38. The highest BCUT2D eigenvalue weighted by Crippen LogP contribution is 2.27. The number of nitrogens with zero attached hydrogens (tertiary/aromatic N) is 1. The summed E-state index contributed by atoms with van der Waals surface area (Å²) in [5.74, 6) is -1.21. The van der Waals surface area contributed by atoms with Gasteiger partial charge >= 0.3 is 5.97 Å². The first-order chi connectivity index (χ1) is 8.13. The van der Waals surface area contributed by atoms with Crippen LogP contribution in [0.15, 0.2) is 30.3 Å². The summed E-state index contributed by atoms with van der Waals surface area (Å²) in [6.07, 6.45) is -1.64. The van der Waals surface area contributed by atoms with Gasteiger partial charge < -0.3 is 14.9 Å². The number of fused-ring (bicyclic) bond motifs is 1. The summed E-state index contributed by atoms with van der Waals surface area (Å²) >= 11 is 0. The van der Waals surface area contributed by atoms with Crippen molar-refractivity contribution in [3.8, 4) is 5.88 Å². The predicted octanol–water partition coefficient (Wildman–Crippen LogP) is 1.36. The summed E-state index contributed by atoms with van der Waals surface area (Å²) in [4.78, 5) is 14.9. The monoisotopic (exact) mass is 233 g/mol. The highest BCUT2D eigenvalue weighted by molar-refractivity contribution is 5.83. The van der Waals surface area contributed by atoms with E-state index in [9.17, 15) is 9.90 Å². The Labute approximate surface area is 97.3 Å². The van der Waals surface area contributed by atoms with Crippen LogP contribution in [0.5, 0.6) is 5.88 Å². The number of ether oxygens (including phenoxy) is 1. The van der Waals surface area contributed by atoms with E-state index in [-0.39, 0.29) is 11.4 Å². The normalized spacial score (nSPS) is 12.4. The van der Waals surface area contributed by atoms with Crippen LogP contribution in [0, 0.1) is 0 Å². The lowest BCUT2D eigenvalue weighted by Gasteiger charge is -2.11. The molecule has 0 radical (unpaired) electrons. The summed E-state index contributed by atoms with van der Waals surface area (Å²) < 4.78 is 4.99. The maximum absolute atomic E-state index is 10.8. The minimum absolute atomic E-state index is 0.124. The second kappa shape index (κ2) is 4.39. The molecular weight excluding hydrogens is 222 g/mol. The molecule has 1 unspecified atom stereocenters. The molecule has 2 aromatic rings. The fourth-order valence-corrected chi connectivity index (χ4v) is 1.61. The molecule has 0 bridgehead atoms. The molecule has 0 aliphatic heterocycles. The number of rotatable bonds is 3. The van der Waals surface area contributed by atoms with Crippen LogP contribution in [0.4, 0.5) is 0 Å². The van der Waals surface area contributed by atoms with Gasteiger partial charge in [0.05, 0.1) is 18.2 Å². The van der Waals surface area contributed by atoms with Crippen molar-refractivity contribution in [1.82, 2.24) is 4.98 Å². The molecule has 0 spiro atoms. The molecule has 1 atom stereocenters. The predicted molar refractivity (Wildman–Crippen MR) is 60.9 cm³/mol. The fourth-order valence-electron chi connectivity index (χ4n) is 1.61. The van der Waals surface area contributed by atoms with E-state index in [0.717, 1.165) is 5.39 Å². The zero-order valence-corrected chi connectivity index (χ0v) is 9.12. The van der Waals surface area contributed by atoms with E-state index in [2.05, 4.69) is 4.98 Å². The zero-order valence-electron chi connectivity index (χ0n) is 9.12. The minimum Gasteiger partial charge on any atom is -0.481 e. The van der Waals surface area contributed by atoms with Crippen molar-refractivity contribution in [3.63, 3.8) is 0 Å². The van der Waals surface area contributed by atoms with Crippen LogP contribution in [0.1, 0.15) is 11.7 Å². The molecule has 1 heterocycles. The Kier molecular flexibility index (Phi) is 2.93. The van der Waals surface area contributed by atoms with Gasteiger partial charge in [0, 0.05) is 5.39 Å². The number of aliphatic hydroxyl groups is 1. The second-order valence-corrected chi connectivity index (χ2v) is 3.52. The summed E-state index contributed by atoms with van der Waals surface area (Å²) in [6, 6.07) is 8.78. The number of aromatic nitrogens is 1. The third-order valence-corrected chi connectivity index (χ3v) is 2.44. The summed E-state index contributed by atoms with van der Waals surface area (Å²) in [6.45, 7) is 0. The first kappa shape index (κ1) is 11.3. The number of aliphatic carboxylic acids is 1. The lowest BCUT2D eigenvalue weighted by molar-refractivity contribution is -0.147. The van der Waals surface area contributed by atoms with Gasteiger partial charge in [-0.1, -0.05) is 18.2 Å². The molecular formula is C12H11NO4. The van der Waals surface area contributed by atoms with E-state index in [1.165, 1.54) is 7.11 Å². The van der Waals surface area contributed by atoms with Gasteiger partial charge in [0.1, 0.15) is 0 Å². The first-order valence-electron chi connectivity index (χ1n) is 4.98. The van der Waals surface area contributed by atoms with Crippen LogP contribution in [-0.4, -0.2) is 28.3 Å². The Balaban J connectivity index is 2.64. The number of para-hydroxylation sites is 1. The average Bonchev–Trinajstić information content (AvgIpc) is 2.36. The Morgan fingerprint density at radius 2 is 2.12 bits per heavy atom. The first-order valence-corrected chi connectivity index (χ1v) is 4.98. The van der Waals surface area contributed by atoms with E-state index in [4.69, 9.17) is 9.84 Å². The SMILES string of the molecule is COc1nc2ccccc2cc1C(O)C(=O)O. The van der Waals surface area contributed by atoms with Crippen molar-refractivity contribution in [2.75, 3.05) is 7.11 Å².